The number of amides is 2. The van der Waals surface area contributed by atoms with E-state index >= 15 is 0 Å². The molecule has 3 aromatic rings. The van der Waals surface area contributed by atoms with E-state index in [1.165, 1.54) is 18.2 Å². The van der Waals surface area contributed by atoms with Gasteiger partial charge >= 0.3 is 0 Å². The maximum atomic E-state index is 13.4. The zero-order valence-electron chi connectivity index (χ0n) is 18.0. The Bertz CT molecular complexity index is 1190. The van der Waals surface area contributed by atoms with E-state index in [9.17, 15) is 14.0 Å². The number of carbonyl (C=O) groups is 2. The number of ether oxygens (including phenoxy) is 2. The maximum absolute atomic E-state index is 13.4. The summed E-state index contributed by atoms with van der Waals surface area (Å²) < 4.78 is 24.9. The van der Waals surface area contributed by atoms with Crippen LogP contribution in [-0.4, -0.2) is 24.5 Å². The van der Waals surface area contributed by atoms with E-state index in [-0.39, 0.29) is 17.6 Å². The Morgan fingerprint density at radius 2 is 2.00 bits per heavy atom. The van der Waals surface area contributed by atoms with Gasteiger partial charge in [0.2, 0.25) is 0 Å². The molecule has 2 N–H and O–H groups in total. The molecule has 1 aromatic heterocycles. The number of aryl methyl sites for hydroxylation is 1. The summed E-state index contributed by atoms with van der Waals surface area (Å²) in [5.41, 5.74) is 2.50. The first-order valence-electron chi connectivity index (χ1n) is 10.3. The Hall–Kier alpha value is -3.39. The van der Waals surface area contributed by atoms with Crippen LogP contribution in [0.2, 0.25) is 0 Å². The molecule has 0 bridgehead atoms. The summed E-state index contributed by atoms with van der Waals surface area (Å²) in [6.45, 7) is 6.13. The average Bonchev–Trinajstić information content (AvgIpc) is 3.29. The third kappa shape index (κ3) is 4.60. The van der Waals surface area contributed by atoms with Crippen LogP contribution in [0.4, 0.5) is 15.1 Å². The normalized spacial score (nSPS) is 14.4. The van der Waals surface area contributed by atoms with Crippen LogP contribution in [0.25, 0.3) is 0 Å². The van der Waals surface area contributed by atoms with Crippen LogP contribution in [0.1, 0.15) is 45.0 Å². The van der Waals surface area contributed by atoms with Crippen molar-refractivity contribution in [2.45, 2.75) is 33.3 Å². The van der Waals surface area contributed by atoms with Gasteiger partial charge < -0.3 is 20.1 Å². The molecule has 1 unspecified atom stereocenters. The largest absolute Gasteiger partial charge is 0.492 e. The summed E-state index contributed by atoms with van der Waals surface area (Å²) in [4.78, 5) is 25.9. The van der Waals surface area contributed by atoms with Crippen molar-refractivity contribution < 1.29 is 23.5 Å². The minimum atomic E-state index is -0.488. The molecule has 0 radical (unpaired) electrons. The number of carbonyl (C=O) groups excluding carboxylic acids is 2. The van der Waals surface area contributed by atoms with Crippen LogP contribution in [0.5, 0.6) is 11.5 Å². The van der Waals surface area contributed by atoms with Crippen molar-refractivity contribution >= 4 is 33.8 Å². The van der Waals surface area contributed by atoms with E-state index < -0.39 is 11.7 Å². The molecule has 4 rings (SSSR count). The molecule has 0 spiro atoms. The van der Waals surface area contributed by atoms with Gasteiger partial charge in [-0.15, -0.1) is 11.3 Å². The number of thiophene rings is 1. The van der Waals surface area contributed by atoms with E-state index in [0.29, 0.717) is 33.5 Å². The molecule has 32 heavy (non-hydrogen) atoms. The molecule has 0 fully saturated rings. The molecular weight excluding hydrogens is 431 g/mol. The van der Waals surface area contributed by atoms with Crippen molar-refractivity contribution in [3.05, 3.63) is 69.8 Å². The van der Waals surface area contributed by atoms with Crippen LogP contribution in [0, 0.1) is 12.7 Å². The van der Waals surface area contributed by atoms with Gasteiger partial charge in [-0.3, -0.25) is 9.59 Å². The third-order valence-electron chi connectivity index (χ3n) is 4.99. The Balaban J connectivity index is 1.53. The first kappa shape index (κ1) is 21.8. The lowest BCUT2D eigenvalue weighted by atomic mass is 10.1. The van der Waals surface area contributed by atoms with Gasteiger partial charge in [-0.25, -0.2) is 4.39 Å². The lowest BCUT2D eigenvalue weighted by Gasteiger charge is -2.13. The van der Waals surface area contributed by atoms with Crippen molar-refractivity contribution in [2.24, 2.45) is 0 Å². The standard InChI is InChI=1S/C24H23FN2O4S/c1-4-30-20-11-16-9-14(3)31-19(16)12-18(20)26-24(29)22-13(2)8-21(32-22)27-23(28)15-6-5-7-17(25)10-15/h5-8,10-12,14H,4,9H2,1-3H3,(H,26,29)(H,27,28). The topological polar surface area (TPSA) is 76.7 Å². The molecule has 2 heterocycles. The first-order chi connectivity index (χ1) is 15.3. The molecule has 2 amide bonds. The molecule has 6 nitrogen and oxygen atoms in total. The second-order valence-electron chi connectivity index (χ2n) is 7.56. The molecule has 1 aliphatic rings. The lowest BCUT2D eigenvalue weighted by molar-refractivity contribution is 0.101. The summed E-state index contributed by atoms with van der Waals surface area (Å²) in [6, 6.07) is 10.8. The predicted octanol–water partition coefficient (Wildman–Crippen LogP) is 5.42. The highest BCUT2D eigenvalue weighted by molar-refractivity contribution is 7.18. The summed E-state index contributed by atoms with van der Waals surface area (Å²) in [5.74, 6) is 0.0816. The van der Waals surface area contributed by atoms with Crippen LogP contribution in [-0.2, 0) is 6.42 Å². The van der Waals surface area contributed by atoms with Gasteiger partial charge in [0, 0.05) is 23.6 Å². The van der Waals surface area contributed by atoms with E-state index in [0.717, 1.165) is 35.1 Å². The minimum Gasteiger partial charge on any atom is -0.492 e. The SMILES string of the molecule is CCOc1cc2c(cc1NC(=O)c1sc(NC(=O)c3cccc(F)c3)cc1C)OC(C)C2. The van der Waals surface area contributed by atoms with Gasteiger partial charge in [0.05, 0.1) is 22.2 Å². The zero-order chi connectivity index (χ0) is 22.8. The van der Waals surface area contributed by atoms with Crippen LogP contribution in [0.15, 0.2) is 42.5 Å². The summed E-state index contributed by atoms with van der Waals surface area (Å²) in [5, 5.41) is 6.13. The third-order valence-corrected chi connectivity index (χ3v) is 6.15. The Kier molecular flexibility index (Phi) is 6.14. The fourth-order valence-corrected chi connectivity index (χ4v) is 4.54. The first-order valence-corrected chi connectivity index (χ1v) is 11.1. The predicted molar refractivity (Wildman–Crippen MR) is 123 cm³/mol. The highest BCUT2D eigenvalue weighted by Gasteiger charge is 2.24. The molecule has 2 aromatic carbocycles. The lowest BCUT2D eigenvalue weighted by Crippen LogP contribution is -2.13. The summed E-state index contributed by atoms with van der Waals surface area (Å²) in [6.07, 6.45) is 0.872. The van der Waals surface area contributed by atoms with Gasteiger partial charge in [-0.05, 0) is 56.7 Å². The molecule has 8 heteroatoms. The van der Waals surface area contributed by atoms with Gasteiger partial charge in [0.15, 0.2) is 0 Å². The van der Waals surface area contributed by atoms with E-state index in [2.05, 4.69) is 10.6 Å². The van der Waals surface area contributed by atoms with Gasteiger partial charge in [0.1, 0.15) is 23.4 Å². The van der Waals surface area contributed by atoms with Gasteiger partial charge in [-0.1, -0.05) is 6.07 Å². The quantitative estimate of drug-likeness (QED) is 0.521. The summed E-state index contributed by atoms with van der Waals surface area (Å²) in [7, 11) is 0. The number of hydrogen-bond donors (Lipinski definition) is 2. The Labute approximate surface area is 189 Å². The van der Waals surface area contributed by atoms with Crippen molar-refractivity contribution in [2.75, 3.05) is 17.2 Å². The number of hydrogen-bond acceptors (Lipinski definition) is 5. The van der Waals surface area contributed by atoms with Crippen molar-refractivity contribution in [1.29, 1.82) is 0 Å². The molecule has 0 saturated heterocycles. The fourth-order valence-electron chi connectivity index (χ4n) is 3.57. The molecule has 1 aliphatic heterocycles. The summed E-state index contributed by atoms with van der Waals surface area (Å²) >= 11 is 1.15. The van der Waals surface area contributed by atoms with Gasteiger partial charge in [-0.2, -0.15) is 0 Å². The Morgan fingerprint density at radius 1 is 1.19 bits per heavy atom. The van der Waals surface area contributed by atoms with E-state index in [4.69, 9.17) is 9.47 Å². The van der Waals surface area contributed by atoms with E-state index in [1.54, 1.807) is 19.1 Å². The number of fused-ring (bicyclic) bond motifs is 1. The molecule has 0 saturated carbocycles. The van der Waals surface area contributed by atoms with Crippen LogP contribution < -0.4 is 20.1 Å². The van der Waals surface area contributed by atoms with Crippen molar-refractivity contribution in [1.82, 2.24) is 0 Å². The maximum Gasteiger partial charge on any atom is 0.266 e. The molecule has 1 atom stereocenters. The van der Waals surface area contributed by atoms with Gasteiger partial charge in [0.25, 0.3) is 11.8 Å². The van der Waals surface area contributed by atoms with Crippen LogP contribution in [0.3, 0.4) is 0 Å². The number of anilines is 2. The molecule has 0 aliphatic carbocycles. The monoisotopic (exact) mass is 454 g/mol. The van der Waals surface area contributed by atoms with Crippen molar-refractivity contribution in [3.63, 3.8) is 0 Å². The molecule has 166 valence electrons. The van der Waals surface area contributed by atoms with Crippen molar-refractivity contribution in [3.8, 4) is 11.5 Å². The van der Waals surface area contributed by atoms with E-state index in [1.807, 2.05) is 19.9 Å². The second kappa shape index (κ2) is 9.00. The second-order valence-corrected chi connectivity index (χ2v) is 8.62. The highest BCUT2D eigenvalue weighted by Crippen LogP contribution is 2.38. The number of benzene rings is 2. The smallest absolute Gasteiger partial charge is 0.266 e. The number of rotatable bonds is 6. The number of nitrogens with one attached hydrogen (secondary N) is 2. The Morgan fingerprint density at radius 3 is 2.75 bits per heavy atom. The fraction of sp³-hybridized carbons (Fsp3) is 0.250. The highest BCUT2D eigenvalue weighted by atomic mass is 32.1. The average molecular weight is 455 g/mol. The zero-order valence-corrected chi connectivity index (χ0v) is 18.8. The number of halogens is 1. The molecular formula is C24H23FN2O4S. The van der Waals surface area contributed by atoms with Crippen LogP contribution >= 0.6 is 11.3 Å². The minimum absolute atomic E-state index is 0.0780.